The molecule has 1 rings (SSSR count). The Hall–Kier alpha value is -0.160. The molecule has 0 aromatic carbocycles. The largest absolute Gasteiger partial charge is 0.394 e. The van der Waals surface area contributed by atoms with Crippen molar-refractivity contribution in [2.75, 3.05) is 6.61 Å². The van der Waals surface area contributed by atoms with Gasteiger partial charge >= 0.3 is 0 Å². The zero-order chi connectivity index (χ0) is 9.30. The predicted molar refractivity (Wildman–Crippen MR) is 42.6 cm³/mol. The van der Waals surface area contributed by atoms with Gasteiger partial charge in [-0.25, -0.2) is 0 Å². The minimum Gasteiger partial charge on any atom is -0.394 e. The SMILES string of the molecule is C[C@@H]1C(CO)O[C@@H](C)C(O)C1O. The molecule has 4 nitrogen and oxygen atoms in total. The maximum absolute atomic E-state index is 9.48. The summed E-state index contributed by atoms with van der Waals surface area (Å²) in [4.78, 5) is 0. The Morgan fingerprint density at radius 3 is 2.25 bits per heavy atom. The quantitative estimate of drug-likeness (QED) is 0.485. The third-order valence-electron chi connectivity index (χ3n) is 2.53. The number of ether oxygens (including phenoxy) is 1. The van der Waals surface area contributed by atoms with E-state index in [4.69, 9.17) is 9.84 Å². The van der Waals surface area contributed by atoms with Crippen LogP contribution in [-0.4, -0.2) is 46.3 Å². The number of aliphatic hydroxyl groups excluding tert-OH is 3. The number of aliphatic hydroxyl groups is 3. The molecule has 0 aromatic heterocycles. The molecule has 0 saturated carbocycles. The Morgan fingerprint density at radius 1 is 1.17 bits per heavy atom. The van der Waals surface area contributed by atoms with E-state index in [0.717, 1.165) is 0 Å². The average molecular weight is 176 g/mol. The van der Waals surface area contributed by atoms with Gasteiger partial charge in [0.1, 0.15) is 6.10 Å². The first-order valence-corrected chi connectivity index (χ1v) is 4.20. The highest BCUT2D eigenvalue weighted by Crippen LogP contribution is 2.25. The summed E-state index contributed by atoms with van der Waals surface area (Å²) >= 11 is 0. The summed E-state index contributed by atoms with van der Waals surface area (Å²) < 4.78 is 5.27. The molecule has 3 N–H and O–H groups in total. The summed E-state index contributed by atoms with van der Waals surface area (Å²) in [6.45, 7) is 3.32. The molecule has 1 saturated heterocycles. The van der Waals surface area contributed by atoms with Gasteiger partial charge in [-0.3, -0.25) is 0 Å². The summed E-state index contributed by atoms with van der Waals surface area (Å²) in [6, 6.07) is 0. The molecule has 1 fully saturated rings. The van der Waals surface area contributed by atoms with E-state index in [-0.39, 0.29) is 18.6 Å². The lowest BCUT2D eigenvalue weighted by Crippen LogP contribution is -2.53. The molecule has 5 atom stereocenters. The van der Waals surface area contributed by atoms with Crippen molar-refractivity contribution in [3.8, 4) is 0 Å². The Labute approximate surface area is 71.8 Å². The molecule has 4 heteroatoms. The molecular weight excluding hydrogens is 160 g/mol. The minimum atomic E-state index is -0.845. The van der Waals surface area contributed by atoms with Gasteiger partial charge in [-0.05, 0) is 6.92 Å². The highest BCUT2D eigenvalue weighted by atomic mass is 16.5. The van der Waals surface area contributed by atoms with Crippen molar-refractivity contribution < 1.29 is 20.1 Å². The van der Waals surface area contributed by atoms with Gasteiger partial charge in [0.15, 0.2) is 0 Å². The standard InChI is InChI=1S/C8H16O4/c1-4-6(3-9)12-5(2)8(11)7(4)10/h4-11H,3H2,1-2H3/t4-,5+,6?,7?,8?/m1/s1. The van der Waals surface area contributed by atoms with Crippen LogP contribution in [0, 0.1) is 5.92 Å². The Bertz CT molecular complexity index is 145. The van der Waals surface area contributed by atoms with E-state index >= 15 is 0 Å². The van der Waals surface area contributed by atoms with Crippen LogP contribution >= 0.6 is 0 Å². The van der Waals surface area contributed by atoms with Gasteiger partial charge in [0.05, 0.1) is 24.9 Å². The molecule has 1 heterocycles. The van der Waals surface area contributed by atoms with E-state index in [9.17, 15) is 10.2 Å². The van der Waals surface area contributed by atoms with Crippen molar-refractivity contribution >= 4 is 0 Å². The van der Waals surface area contributed by atoms with Crippen LogP contribution in [0.4, 0.5) is 0 Å². The third kappa shape index (κ3) is 1.61. The molecule has 0 spiro atoms. The van der Waals surface area contributed by atoms with Crippen molar-refractivity contribution in [3.63, 3.8) is 0 Å². The van der Waals surface area contributed by atoms with Crippen LogP contribution in [0.3, 0.4) is 0 Å². The van der Waals surface area contributed by atoms with E-state index in [0.29, 0.717) is 0 Å². The molecule has 0 bridgehead atoms. The Kier molecular flexibility index (Phi) is 3.06. The van der Waals surface area contributed by atoms with Crippen molar-refractivity contribution in [3.05, 3.63) is 0 Å². The maximum atomic E-state index is 9.48. The first kappa shape index (κ1) is 9.92. The minimum absolute atomic E-state index is 0.116. The molecule has 0 aromatic rings. The molecule has 72 valence electrons. The van der Waals surface area contributed by atoms with Crippen molar-refractivity contribution in [1.29, 1.82) is 0 Å². The van der Waals surface area contributed by atoms with Crippen molar-refractivity contribution in [1.82, 2.24) is 0 Å². The molecule has 0 aliphatic carbocycles. The van der Waals surface area contributed by atoms with Gasteiger partial charge in [0.25, 0.3) is 0 Å². The number of hydrogen-bond acceptors (Lipinski definition) is 4. The van der Waals surface area contributed by atoms with Crippen LogP contribution in [-0.2, 0) is 4.74 Å². The molecule has 1 aliphatic heterocycles. The highest BCUT2D eigenvalue weighted by Gasteiger charge is 2.39. The third-order valence-corrected chi connectivity index (χ3v) is 2.53. The molecule has 0 amide bonds. The van der Waals surface area contributed by atoms with Gasteiger partial charge < -0.3 is 20.1 Å². The van der Waals surface area contributed by atoms with E-state index in [1.165, 1.54) is 0 Å². The van der Waals surface area contributed by atoms with Gasteiger partial charge in [-0.2, -0.15) is 0 Å². The van der Waals surface area contributed by atoms with E-state index in [1.807, 2.05) is 0 Å². The Morgan fingerprint density at radius 2 is 1.75 bits per heavy atom. The fraction of sp³-hybridized carbons (Fsp3) is 1.00. The van der Waals surface area contributed by atoms with E-state index in [1.54, 1.807) is 13.8 Å². The monoisotopic (exact) mass is 176 g/mol. The fourth-order valence-electron chi connectivity index (χ4n) is 1.50. The second-order valence-electron chi connectivity index (χ2n) is 3.40. The van der Waals surface area contributed by atoms with Gasteiger partial charge in [-0.1, -0.05) is 6.92 Å². The molecule has 12 heavy (non-hydrogen) atoms. The predicted octanol–water partition coefficient (Wildman–Crippen LogP) is -0.876. The summed E-state index contributed by atoms with van der Waals surface area (Å²) in [5.41, 5.74) is 0. The van der Waals surface area contributed by atoms with Gasteiger partial charge in [0.2, 0.25) is 0 Å². The lowest BCUT2D eigenvalue weighted by atomic mass is 9.89. The second-order valence-corrected chi connectivity index (χ2v) is 3.40. The van der Waals surface area contributed by atoms with Gasteiger partial charge in [-0.15, -0.1) is 0 Å². The lowest BCUT2D eigenvalue weighted by molar-refractivity contribution is -0.198. The maximum Gasteiger partial charge on any atom is 0.106 e. The smallest absolute Gasteiger partial charge is 0.106 e. The van der Waals surface area contributed by atoms with Gasteiger partial charge in [0, 0.05) is 5.92 Å². The van der Waals surface area contributed by atoms with Crippen molar-refractivity contribution in [2.24, 2.45) is 5.92 Å². The van der Waals surface area contributed by atoms with Crippen molar-refractivity contribution in [2.45, 2.75) is 38.3 Å². The topological polar surface area (TPSA) is 69.9 Å². The van der Waals surface area contributed by atoms with E-state index < -0.39 is 18.3 Å². The van der Waals surface area contributed by atoms with Crippen LogP contribution in [0.1, 0.15) is 13.8 Å². The van der Waals surface area contributed by atoms with Crippen LogP contribution < -0.4 is 0 Å². The zero-order valence-corrected chi connectivity index (χ0v) is 7.34. The molecule has 1 aliphatic rings. The Balaban J connectivity index is 2.63. The highest BCUT2D eigenvalue weighted by molar-refractivity contribution is 4.87. The fourth-order valence-corrected chi connectivity index (χ4v) is 1.50. The van der Waals surface area contributed by atoms with Crippen LogP contribution in [0.2, 0.25) is 0 Å². The number of rotatable bonds is 1. The van der Waals surface area contributed by atoms with E-state index in [2.05, 4.69) is 0 Å². The number of hydrogen-bond donors (Lipinski definition) is 3. The first-order valence-electron chi connectivity index (χ1n) is 4.20. The van der Waals surface area contributed by atoms with Crippen LogP contribution in [0.5, 0.6) is 0 Å². The molecular formula is C8H16O4. The first-order chi connectivity index (χ1) is 5.57. The van der Waals surface area contributed by atoms with Crippen LogP contribution in [0.15, 0.2) is 0 Å². The lowest BCUT2D eigenvalue weighted by Gasteiger charge is -2.39. The summed E-state index contributed by atoms with van der Waals surface area (Å²) in [7, 11) is 0. The average Bonchev–Trinajstić information content (AvgIpc) is 2.08. The summed E-state index contributed by atoms with van der Waals surface area (Å²) in [6.07, 6.45) is -2.42. The normalized spacial score (nSPS) is 49.2. The molecule has 0 radical (unpaired) electrons. The second kappa shape index (κ2) is 3.70. The van der Waals surface area contributed by atoms with Crippen LogP contribution in [0.25, 0.3) is 0 Å². The summed E-state index contributed by atoms with van der Waals surface area (Å²) in [5, 5.41) is 27.7. The molecule has 3 unspecified atom stereocenters. The zero-order valence-electron chi connectivity index (χ0n) is 7.34. The summed E-state index contributed by atoms with van der Waals surface area (Å²) in [5.74, 6) is -0.221.